The zero-order valence-electron chi connectivity index (χ0n) is 12.1. The molecule has 118 valence electrons. The van der Waals surface area contributed by atoms with Crippen molar-refractivity contribution in [3.63, 3.8) is 0 Å². The quantitative estimate of drug-likeness (QED) is 0.857. The Hall–Kier alpha value is -1.02. The van der Waals surface area contributed by atoms with Crippen molar-refractivity contribution >= 4 is 10.0 Å². The second-order valence-electron chi connectivity index (χ2n) is 5.21. The number of nitrogens with one attached hydrogen (secondary N) is 1. The lowest BCUT2D eigenvalue weighted by atomic mass is 10.1. The van der Waals surface area contributed by atoms with Crippen molar-refractivity contribution in [1.82, 2.24) is 9.62 Å². The topological polar surface area (TPSA) is 58.6 Å². The first-order chi connectivity index (χ1) is 10.0. The largest absolute Gasteiger partial charge is 0.383 e. The first-order valence-electron chi connectivity index (χ1n) is 7.00. The normalized spacial score (nSPS) is 20.6. The van der Waals surface area contributed by atoms with Crippen LogP contribution in [0.4, 0.5) is 4.39 Å². The van der Waals surface area contributed by atoms with Crippen LogP contribution in [0.3, 0.4) is 0 Å². The van der Waals surface area contributed by atoms with Crippen molar-refractivity contribution in [3.05, 3.63) is 30.1 Å². The maximum absolute atomic E-state index is 12.9. The molecule has 1 aromatic rings. The van der Waals surface area contributed by atoms with E-state index in [0.717, 1.165) is 38.1 Å². The van der Waals surface area contributed by atoms with Crippen LogP contribution in [0.2, 0.25) is 0 Å². The van der Waals surface area contributed by atoms with Crippen LogP contribution in [0.5, 0.6) is 0 Å². The predicted octanol–water partition coefficient (Wildman–Crippen LogP) is 1.21. The van der Waals surface area contributed by atoms with Crippen LogP contribution in [0.25, 0.3) is 0 Å². The van der Waals surface area contributed by atoms with Crippen molar-refractivity contribution in [2.24, 2.45) is 0 Å². The van der Waals surface area contributed by atoms with Crippen LogP contribution in [0, 0.1) is 5.82 Å². The van der Waals surface area contributed by atoms with Gasteiger partial charge in [0, 0.05) is 26.2 Å². The van der Waals surface area contributed by atoms with Gasteiger partial charge in [-0.3, -0.25) is 4.90 Å². The van der Waals surface area contributed by atoms with Gasteiger partial charge in [-0.1, -0.05) is 0 Å². The van der Waals surface area contributed by atoms with Crippen LogP contribution in [0.1, 0.15) is 12.8 Å². The molecule has 0 spiro atoms. The molecule has 1 N–H and O–H groups in total. The number of piperidine rings is 1. The number of hydrogen-bond acceptors (Lipinski definition) is 4. The fourth-order valence-electron chi connectivity index (χ4n) is 2.48. The number of sulfonamides is 1. The summed E-state index contributed by atoms with van der Waals surface area (Å²) < 4.78 is 45.1. The maximum Gasteiger partial charge on any atom is 0.240 e. The van der Waals surface area contributed by atoms with Gasteiger partial charge >= 0.3 is 0 Å². The minimum absolute atomic E-state index is 0.0953. The third kappa shape index (κ3) is 4.74. The molecule has 0 aliphatic carbocycles. The lowest BCUT2D eigenvalue weighted by Gasteiger charge is -2.32. The van der Waals surface area contributed by atoms with Gasteiger partial charge in [0.25, 0.3) is 0 Å². The molecule has 0 bridgehead atoms. The summed E-state index contributed by atoms with van der Waals surface area (Å²) in [5.41, 5.74) is 0. The van der Waals surface area contributed by atoms with Gasteiger partial charge in [0.2, 0.25) is 10.0 Å². The second kappa shape index (κ2) is 7.31. The Morgan fingerprint density at radius 2 is 2.10 bits per heavy atom. The Morgan fingerprint density at radius 1 is 1.38 bits per heavy atom. The highest BCUT2D eigenvalue weighted by Crippen LogP contribution is 2.15. The zero-order valence-corrected chi connectivity index (χ0v) is 12.9. The molecule has 1 saturated heterocycles. The molecule has 1 heterocycles. The van der Waals surface area contributed by atoms with Crippen molar-refractivity contribution < 1.29 is 17.5 Å². The fraction of sp³-hybridized carbons (Fsp3) is 0.571. The highest BCUT2D eigenvalue weighted by molar-refractivity contribution is 7.89. The van der Waals surface area contributed by atoms with Crippen LogP contribution in [0.15, 0.2) is 29.2 Å². The van der Waals surface area contributed by atoms with Crippen molar-refractivity contribution in [2.45, 2.75) is 23.8 Å². The molecule has 0 amide bonds. The first-order valence-corrected chi connectivity index (χ1v) is 8.49. The minimum Gasteiger partial charge on any atom is -0.383 e. The summed E-state index contributed by atoms with van der Waals surface area (Å²) in [6.45, 7) is 3.06. The molecule has 7 heteroatoms. The number of benzene rings is 1. The SMILES string of the molecule is COCCN1CCC[C@@H](NS(=O)(=O)c2ccc(F)cc2)C1. The van der Waals surface area contributed by atoms with Crippen LogP contribution < -0.4 is 4.72 Å². The van der Waals surface area contributed by atoms with Crippen LogP contribution in [-0.4, -0.2) is 52.7 Å². The van der Waals surface area contributed by atoms with Gasteiger partial charge in [0.15, 0.2) is 0 Å². The highest BCUT2D eigenvalue weighted by Gasteiger charge is 2.25. The third-order valence-electron chi connectivity index (χ3n) is 3.56. The molecule has 1 aliphatic heterocycles. The van der Waals surface area contributed by atoms with E-state index in [2.05, 4.69) is 9.62 Å². The number of ether oxygens (including phenoxy) is 1. The Balaban J connectivity index is 1.97. The molecule has 2 rings (SSSR count). The number of likely N-dealkylation sites (tertiary alicyclic amines) is 1. The molecule has 1 aromatic carbocycles. The fourth-order valence-corrected chi connectivity index (χ4v) is 3.74. The lowest BCUT2D eigenvalue weighted by Crippen LogP contribution is -2.48. The monoisotopic (exact) mass is 316 g/mol. The molecule has 5 nitrogen and oxygen atoms in total. The summed E-state index contributed by atoms with van der Waals surface area (Å²) in [6.07, 6.45) is 1.75. The standard InChI is InChI=1S/C14H21FN2O3S/c1-20-10-9-17-8-2-3-13(11-17)16-21(18,19)14-6-4-12(15)5-7-14/h4-7,13,16H,2-3,8-11H2,1H3/t13-/m1/s1. The lowest BCUT2D eigenvalue weighted by molar-refractivity contribution is 0.126. The van der Waals surface area contributed by atoms with E-state index in [0.29, 0.717) is 13.2 Å². The van der Waals surface area contributed by atoms with E-state index < -0.39 is 15.8 Å². The highest BCUT2D eigenvalue weighted by atomic mass is 32.2. The minimum atomic E-state index is -3.60. The van der Waals surface area contributed by atoms with Gasteiger partial charge in [-0.05, 0) is 43.7 Å². The van der Waals surface area contributed by atoms with E-state index >= 15 is 0 Å². The molecular formula is C14H21FN2O3S. The van der Waals surface area contributed by atoms with E-state index in [4.69, 9.17) is 4.74 Å². The third-order valence-corrected chi connectivity index (χ3v) is 5.10. The molecule has 21 heavy (non-hydrogen) atoms. The average molecular weight is 316 g/mol. The van der Waals surface area contributed by atoms with Gasteiger partial charge in [-0.15, -0.1) is 0 Å². The van der Waals surface area contributed by atoms with E-state index in [-0.39, 0.29) is 10.9 Å². The number of rotatable bonds is 6. The summed E-state index contributed by atoms with van der Waals surface area (Å²) >= 11 is 0. The van der Waals surface area contributed by atoms with Crippen molar-refractivity contribution in [2.75, 3.05) is 33.4 Å². The maximum atomic E-state index is 12.9. The van der Waals surface area contributed by atoms with Gasteiger partial charge < -0.3 is 4.74 Å². The Bertz CT molecular complexity index is 548. The number of methoxy groups -OCH3 is 1. The molecule has 1 aliphatic rings. The van der Waals surface area contributed by atoms with Crippen LogP contribution >= 0.6 is 0 Å². The number of nitrogens with zero attached hydrogens (tertiary/aromatic N) is 1. The summed E-state index contributed by atoms with van der Waals surface area (Å²) in [6, 6.07) is 4.75. The Kier molecular flexibility index (Phi) is 5.69. The second-order valence-corrected chi connectivity index (χ2v) is 6.92. The smallest absolute Gasteiger partial charge is 0.240 e. The Labute approximate surface area is 125 Å². The van der Waals surface area contributed by atoms with Gasteiger partial charge in [-0.2, -0.15) is 0 Å². The van der Waals surface area contributed by atoms with Gasteiger partial charge in [0.1, 0.15) is 5.82 Å². The molecule has 0 radical (unpaired) electrons. The molecule has 0 aromatic heterocycles. The van der Waals surface area contributed by atoms with Crippen molar-refractivity contribution in [1.29, 1.82) is 0 Å². The van der Waals surface area contributed by atoms with E-state index in [1.807, 2.05) is 0 Å². The molecule has 0 saturated carbocycles. The molecular weight excluding hydrogens is 295 g/mol. The van der Waals surface area contributed by atoms with E-state index in [1.54, 1.807) is 7.11 Å². The van der Waals surface area contributed by atoms with Gasteiger partial charge in [0.05, 0.1) is 11.5 Å². The average Bonchev–Trinajstić information content (AvgIpc) is 2.45. The van der Waals surface area contributed by atoms with E-state index in [9.17, 15) is 12.8 Å². The summed E-state index contributed by atoms with van der Waals surface area (Å²) in [7, 11) is -1.94. The molecule has 1 fully saturated rings. The number of halogens is 1. The Morgan fingerprint density at radius 3 is 2.76 bits per heavy atom. The molecule has 1 atom stereocenters. The summed E-state index contributed by atoms with van der Waals surface area (Å²) in [5.74, 6) is -0.447. The summed E-state index contributed by atoms with van der Waals surface area (Å²) in [4.78, 5) is 2.28. The summed E-state index contributed by atoms with van der Waals surface area (Å²) in [5, 5.41) is 0. The van der Waals surface area contributed by atoms with Crippen molar-refractivity contribution in [3.8, 4) is 0 Å². The first kappa shape index (κ1) is 16.4. The number of hydrogen-bond donors (Lipinski definition) is 1. The predicted molar refractivity (Wildman–Crippen MR) is 78.1 cm³/mol. The zero-order chi connectivity index (χ0) is 15.3. The van der Waals surface area contributed by atoms with Gasteiger partial charge in [-0.25, -0.2) is 17.5 Å². The molecule has 0 unspecified atom stereocenters. The van der Waals surface area contributed by atoms with E-state index in [1.165, 1.54) is 12.1 Å². The van der Waals surface area contributed by atoms with Crippen LogP contribution in [-0.2, 0) is 14.8 Å².